The molecule has 0 aromatic heterocycles. The third kappa shape index (κ3) is 3.41. The van der Waals surface area contributed by atoms with Gasteiger partial charge in [-0.3, -0.25) is 4.79 Å². The van der Waals surface area contributed by atoms with Crippen LogP contribution in [0.2, 0.25) is 0 Å². The molecule has 1 atom stereocenters. The maximum absolute atomic E-state index is 13.4. The Labute approximate surface area is 123 Å². The largest absolute Gasteiger partial charge is 0.490 e. The van der Waals surface area contributed by atoms with Gasteiger partial charge >= 0.3 is 0 Å². The molecule has 2 saturated heterocycles. The van der Waals surface area contributed by atoms with Crippen molar-refractivity contribution in [2.75, 3.05) is 19.8 Å². The SMILES string of the molecule is O=Cc1cc(F)cc(OC2CCOC3(CCOCC3)C2)c1. The molecule has 0 radical (unpaired) electrons. The van der Waals surface area contributed by atoms with Crippen LogP contribution in [0.4, 0.5) is 4.39 Å². The zero-order valence-electron chi connectivity index (χ0n) is 11.8. The van der Waals surface area contributed by atoms with Crippen molar-refractivity contribution in [3.8, 4) is 5.75 Å². The van der Waals surface area contributed by atoms with Gasteiger partial charge in [-0.2, -0.15) is 0 Å². The fraction of sp³-hybridized carbons (Fsp3) is 0.562. The molecule has 0 bridgehead atoms. The molecule has 1 aromatic rings. The van der Waals surface area contributed by atoms with Gasteiger partial charge in [-0.15, -0.1) is 0 Å². The molecule has 0 amide bonds. The molecule has 0 N–H and O–H groups in total. The Balaban J connectivity index is 1.69. The molecular formula is C16H19FO4. The molecule has 1 spiro atoms. The fourth-order valence-corrected chi connectivity index (χ4v) is 3.09. The van der Waals surface area contributed by atoms with E-state index in [2.05, 4.69) is 0 Å². The van der Waals surface area contributed by atoms with Crippen molar-refractivity contribution in [1.29, 1.82) is 0 Å². The number of halogens is 1. The Morgan fingerprint density at radius 3 is 2.81 bits per heavy atom. The number of benzene rings is 1. The molecule has 0 aliphatic carbocycles. The second kappa shape index (κ2) is 6.12. The molecule has 0 saturated carbocycles. The first-order chi connectivity index (χ1) is 10.2. The van der Waals surface area contributed by atoms with Crippen LogP contribution in [0.1, 0.15) is 36.0 Å². The quantitative estimate of drug-likeness (QED) is 0.804. The molecule has 114 valence electrons. The van der Waals surface area contributed by atoms with Crippen LogP contribution in [-0.4, -0.2) is 37.8 Å². The van der Waals surface area contributed by atoms with Gasteiger partial charge in [-0.1, -0.05) is 0 Å². The summed E-state index contributed by atoms with van der Waals surface area (Å²) in [5, 5.41) is 0. The molecule has 2 fully saturated rings. The Morgan fingerprint density at radius 1 is 1.24 bits per heavy atom. The lowest BCUT2D eigenvalue weighted by Gasteiger charge is -2.43. The van der Waals surface area contributed by atoms with E-state index in [1.807, 2.05) is 0 Å². The molecule has 2 heterocycles. The Bertz CT molecular complexity index is 505. The molecule has 21 heavy (non-hydrogen) atoms. The van der Waals surface area contributed by atoms with Gasteiger partial charge < -0.3 is 14.2 Å². The maximum Gasteiger partial charge on any atom is 0.150 e. The maximum atomic E-state index is 13.4. The van der Waals surface area contributed by atoms with Crippen molar-refractivity contribution in [2.24, 2.45) is 0 Å². The van der Waals surface area contributed by atoms with E-state index in [4.69, 9.17) is 14.2 Å². The lowest BCUT2D eigenvalue weighted by atomic mass is 9.85. The van der Waals surface area contributed by atoms with Crippen LogP contribution in [0.15, 0.2) is 18.2 Å². The highest BCUT2D eigenvalue weighted by Crippen LogP contribution is 2.35. The number of hydrogen-bond donors (Lipinski definition) is 0. The Kier molecular flexibility index (Phi) is 4.22. The minimum atomic E-state index is -0.456. The van der Waals surface area contributed by atoms with E-state index in [1.165, 1.54) is 12.1 Å². The molecule has 2 aliphatic rings. The summed E-state index contributed by atoms with van der Waals surface area (Å²) in [7, 11) is 0. The van der Waals surface area contributed by atoms with Gasteiger partial charge in [0.15, 0.2) is 0 Å². The van der Waals surface area contributed by atoms with Gasteiger partial charge in [-0.05, 0) is 25.0 Å². The van der Waals surface area contributed by atoms with Crippen LogP contribution in [0.3, 0.4) is 0 Å². The second-order valence-electron chi connectivity index (χ2n) is 5.71. The van der Waals surface area contributed by atoms with Crippen molar-refractivity contribution >= 4 is 6.29 Å². The first-order valence-corrected chi connectivity index (χ1v) is 7.33. The second-order valence-corrected chi connectivity index (χ2v) is 5.71. The molecule has 4 nitrogen and oxygen atoms in total. The van der Waals surface area contributed by atoms with Gasteiger partial charge in [0.05, 0.1) is 12.2 Å². The number of carbonyl (C=O) groups is 1. The van der Waals surface area contributed by atoms with E-state index >= 15 is 0 Å². The van der Waals surface area contributed by atoms with Gasteiger partial charge in [0.2, 0.25) is 0 Å². The number of carbonyl (C=O) groups excluding carboxylic acids is 1. The van der Waals surface area contributed by atoms with E-state index in [0.717, 1.165) is 25.7 Å². The van der Waals surface area contributed by atoms with Crippen LogP contribution >= 0.6 is 0 Å². The highest BCUT2D eigenvalue weighted by molar-refractivity contribution is 5.75. The van der Waals surface area contributed by atoms with Gasteiger partial charge in [0.1, 0.15) is 24.0 Å². The first-order valence-electron chi connectivity index (χ1n) is 7.33. The van der Waals surface area contributed by atoms with Crippen molar-refractivity contribution in [2.45, 2.75) is 37.4 Å². The molecule has 3 rings (SSSR count). The molecular weight excluding hydrogens is 275 g/mol. The summed E-state index contributed by atoms with van der Waals surface area (Å²) < 4.78 is 30.7. The zero-order valence-corrected chi connectivity index (χ0v) is 11.8. The predicted molar refractivity (Wildman–Crippen MR) is 74.2 cm³/mol. The summed E-state index contributed by atoms with van der Waals surface area (Å²) in [5.41, 5.74) is 0.125. The number of rotatable bonds is 3. The third-order valence-corrected chi connectivity index (χ3v) is 4.18. The van der Waals surface area contributed by atoms with Crippen molar-refractivity contribution in [3.63, 3.8) is 0 Å². The topological polar surface area (TPSA) is 44.8 Å². The minimum absolute atomic E-state index is 0.0156. The zero-order chi connectivity index (χ0) is 14.7. The highest BCUT2D eigenvalue weighted by Gasteiger charge is 2.39. The van der Waals surface area contributed by atoms with Crippen LogP contribution < -0.4 is 4.74 Å². The Hall–Kier alpha value is -1.46. The van der Waals surface area contributed by atoms with E-state index < -0.39 is 5.82 Å². The third-order valence-electron chi connectivity index (χ3n) is 4.18. The van der Waals surface area contributed by atoms with Crippen LogP contribution in [0.5, 0.6) is 5.75 Å². The monoisotopic (exact) mass is 294 g/mol. The molecule has 5 heteroatoms. The van der Waals surface area contributed by atoms with Gasteiger partial charge in [-0.25, -0.2) is 4.39 Å². The minimum Gasteiger partial charge on any atom is -0.490 e. The summed E-state index contributed by atoms with van der Waals surface area (Å²) in [6, 6.07) is 4.09. The van der Waals surface area contributed by atoms with Crippen LogP contribution in [-0.2, 0) is 9.47 Å². The van der Waals surface area contributed by atoms with Gasteiger partial charge in [0, 0.05) is 37.7 Å². The summed E-state index contributed by atoms with van der Waals surface area (Å²) in [6.07, 6.45) is 3.90. The normalized spacial score (nSPS) is 24.7. The lowest BCUT2D eigenvalue weighted by molar-refractivity contribution is -0.155. The number of hydrogen-bond acceptors (Lipinski definition) is 4. The van der Waals surface area contributed by atoms with Crippen LogP contribution in [0.25, 0.3) is 0 Å². The van der Waals surface area contributed by atoms with E-state index in [1.54, 1.807) is 6.07 Å². The molecule has 1 unspecified atom stereocenters. The van der Waals surface area contributed by atoms with Crippen molar-refractivity contribution < 1.29 is 23.4 Å². The molecule has 1 aromatic carbocycles. The average Bonchev–Trinajstić information content (AvgIpc) is 2.47. The summed E-state index contributed by atoms with van der Waals surface area (Å²) in [6.45, 7) is 2.06. The average molecular weight is 294 g/mol. The summed E-state index contributed by atoms with van der Waals surface area (Å²) >= 11 is 0. The van der Waals surface area contributed by atoms with E-state index in [-0.39, 0.29) is 17.3 Å². The number of ether oxygens (including phenoxy) is 3. The summed E-state index contributed by atoms with van der Waals surface area (Å²) in [5.74, 6) is -0.0475. The van der Waals surface area contributed by atoms with Crippen LogP contribution in [0, 0.1) is 5.82 Å². The smallest absolute Gasteiger partial charge is 0.150 e. The fourth-order valence-electron chi connectivity index (χ4n) is 3.09. The summed E-state index contributed by atoms with van der Waals surface area (Å²) in [4.78, 5) is 10.8. The van der Waals surface area contributed by atoms with E-state index in [9.17, 15) is 9.18 Å². The van der Waals surface area contributed by atoms with Crippen molar-refractivity contribution in [3.05, 3.63) is 29.6 Å². The van der Waals surface area contributed by atoms with E-state index in [0.29, 0.717) is 31.9 Å². The highest BCUT2D eigenvalue weighted by atomic mass is 19.1. The predicted octanol–water partition coefficient (Wildman–Crippen LogP) is 2.75. The van der Waals surface area contributed by atoms with Crippen molar-refractivity contribution in [1.82, 2.24) is 0 Å². The Morgan fingerprint density at radius 2 is 2.05 bits per heavy atom. The molecule has 2 aliphatic heterocycles. The van der Waals surface area contributed by atoms with Gasteiger partial charge in [0.25, 0.3) is 0 Å². The number of aldehydes is 1. The lowest BCUT2D eigenvalue weighted by Crippen LogP contribution is -2.47. The first kappa shape index (κ1) is 14.5. The standard InChI is InChI=1S/C16H19FO4/c17-13-7-12(11-18)8-15(9-13)21-14-1-4-20-16(10-14)2-5-19-6-3-16/h7-9,11,14H,1-6,10H2.